The van der Waals surface area contributed by atoms with E-state index in [1.54, 1.807) is 0 Å². The normalized spacial score (nSPS) is 15.8. The standard InChI is InChI=1S/C27H44O2/c1-2-3-4-5-6-7-8-9-10-11-12-13-14-15-16-17-18-25-19-21-26(22-20-25)28-23-27-24-29-27/h8-9,19-22,27H,2-7,10-18,23-24H2,1H3/b9-8+. The first kappa shape index (κ1) is 24.0. The van der Waals surface area contributed by atoms with Crippen LogP contribution in [0.5, 0.6) is 5.75 Å². The lowest BCUT2D eigenvalue weighted by Crippen LogP contribution is -2.03. The Morgan fingerprint density at radius 1 is 0.793 bits per heavy atom. The van der Waals surface area contributed by atoms with Gasteiger partial charge in [0.05, 0.1) is 6.61 Å². The predicted molar refractivity (Wildman–Crippen MR) is 125 cm³/mol. The van der Waals surface area contributed by atoms with Crippen LogP contribution in [0.3, 0.4) is 0 Å². The van der Waals surface area contributed by atoms with E-state index >= 15 is 0 Å². The van der Waals surface area contributed by atoms with Gasteiger partial charge in [0, 0.05) is 0 Å². The SMILES string of the molecule is CCCCCCC/C=C/CCCCCCCCCc1ccc(OCC2CO2)cc1. The van der Waals surface area contributed by atoms with Crippen LogP contribution in [0.15, 0.2) is 36.4 Å². The van der Waals surface area contributed by atoms with Crippen LogP contribution in [0.1, 0.15) is 102 Å². The summed E-state index contributed by atoms with van der Waals surface area (Å²) >= 11 is 0. The first-order chi connectivity index (χ1) is 14.4. The average molecular weight is 401 g/mol. The summed E-state index contributed by atoms with van der Waals surface area (Å²) in [6, 6.07) is 8.61. The molecule has 1 aliphatic heterocycles. The maximum atomic E-state index is 5.69. The molecule has 1 aliphatic rings. The molecule has 0 aromatic heterocycles. The molecule has 1 unspecified atom stereocenters. The van der Waals surface area contributed by atoms with Crippen molar-refractivity contribution in [3.8, 4) is 5.75 Å². The van der Waals surface area contributed by atoms with Crippen molar-refractivity contribution < 1.29 is 9.47 Å². The van der Waals surface area contributed by atoms with Crippen LogP contribution in [-0.2, 0) is 11.2 Å². The van der Waals surface area contributed by atoms with Crippen molar-refractivity contribution in [1.82, 2.24) is 0 Å². The van der Waals surface area contributed by atoms with Crippen LogP contribution in [0, 0.1) is 0 Å². The van der Waals surface area contributed by atoms with Crippen LogP contribution < -0.4 is 4.74 Å². The lowest BCUT2D eigenvalue weighted by molar-refractivity contribution is 0.263. The maximum absolute atomic E-state index is 5.69. The first-order valence-electron chi connectivity index (χ1n) is 12.4. The number of epoxide rings is 1. The highest BCUT2D eigenvalue weighted by Crippen LogP contribution is 2.17. The van der Waals surface area contributed by atoms with E-state index in [4.69, 9.17) is 9.47 Å². The molecule has 164 valence electrons. The molecule has 1 saturated heterocycles. The van der Waals surface area contributed by atoms with E-state index in [0.717, 1.165) is 12.4 Å². The van der Waals surface area contributed by atoms with Gasteiger partial charge < -0.3 is 9.47 Å². The molecule has 2 nitrogen and oxygen atoms in total. The Morgan fingerprint density at radius 3 is 1.93 bits per heavy atom. The minimum atomic E-state index is 0.330. The largest absolute Gasteiger partial charge is 0.491 e. The number of hydrogen-bond acceptors (Lipinski definition) is 2. The summed E-state index contributed by atoms with van der Waals surface area (Å²) < 4.78 is 10.9. The van der Waals surface area contributed by atoms with Crippen molar-refractivity contribution in [2.75, 3.05) is 13.2 Å². The minimum absolute atomic E-state index is 0.330. The van der Waals surface area contributed by atoms with E-state index in [1.165, 1.54) is 102 Å². The van der Waals surface area contributed by atoms with Gasteiger partial charge in [-0.2, -0.15) is 0 Å². The quantitative estimate of drug-likeness (QED) is 0.133. The molecule has 0 saturated carbocycles. The van der Waals surface area contributed by atoms with Crippen LogP contribution >= 0.6 is 0 Å². The Balaban J connectivity index is 1.32. The van der Waals surface area contributed by atoms with E-state index in [0.29, 0.717) is 12.7 Å². The van der Waals surface area contributed by atoms with Crippen LogP contribution in [0.4, 0.5) is 0 Å². The van der Waals surface area contributed by atoms with E-state index in [1.807, 2.05) is 0 Å². The number of hydrogen-bond donors (Lipinski definition) is 0. The molecule has 0 aliphatic carbocycles. The van der Waals surface area contributed by atoms with Gasteiger partial charge in [-0.25, -0.2) is 0 Å². The minimum Gasteiger partial charge on any atom is -0.491 e. The van der Waals surface area contributed by atoms with Gasteiger partial charge in [-0.05, 0) is 56.2 Å². The molecule has 0 bridgehead atoms. The summed E-state index contributed by atoms with van der Waals surface area (Å²) in [5.41, 5.74) is 1.43. The number of unbranched alkanes of at least 4 members (excludes halogenated alkanes) is 12. The Labute approximate surface area is 180 Å². The number of rotatable bonds is 19. The second-order valence-corrected chi connectivity index (χ2v) is 8.60. The average Bonchev–Trinajstić information content (AvgIpc) is 3.57. The van der Waals surface area contributed by atoms with E-state index in [9.17, 15) is 0 Å². The lowest BCUT2D eigenvalue weighted by Gasteiger charge is -2.06. The fourth-order valence-electron chi connectivity index (χ4n) is 3.68. The fourth-order valence-corrected chi connectivity index (χ4v) is 3.68. The maximum Gasteiger partial charge on any atom is 0.119 e. The number of aryl methyl sites for hydroxylation is 1. The Kier molecular flexibility index (Phi) is 13.7. The molecule has 0 amide bonds. The smallest absolute Gasteiger partial charge is 0.119 e. The highest BCUT2D eigenvalue weighted by Gasteiger charge is 2.22. The molecular weight excluding hydrogens is 356 g/mol. The second-order valence-electron chi connectivity index (χ2n) is 8.60. The van der Waals surface area contributed by atoms with Gasteiger partial charge in [-0.3, -0.25) is 0 Å². The molecule has 1 aromatic rings. The Bertz CT molecular complexity index is 516. The molecular formula is C27H44O2. The third-order valence-corrected chi connectivity index (χ3v) is 5.74. The van der Waals surface area contributed by atoms with Gasteiger partial charge in [-0.1, -0.05) is 89.0 Å². The summed E-state index contributed by atoms with van der Waals surface area (Å²) in [6.07, 6.45) is 25.5. The first-order valence-corrected chi connectivity index (χ1v) is 12.4. The molecule has 0 radical (unpaired) electrons. The zero-order valence-corrected chi connectivity index (χ0v) is 18.9. The Hall–Kier alpha value is -1.28. The number of allylic oxidation sites excluding steroid dienone is 2. The van der Waals surface area contributed by atoms with Gasteiger partial charge in [-0.15, -0.1) is 0 Å². The zero-order valence-electron chi connectivity index (χ0n) is 18.9. The third-order valence-electron chi connectivity index (χ3n) is 5.74. The molecule has 1 atom stereocenters. The molecule has 0 spiro atoms. The highest BCUT2D eigenvalue weighted by atomic mass is 16.6. The predicted octanol–water partition coefficient (Wildman–Crippen LogP) is 8.04. The summed E-state index contributed by atoms with van der Waals surface area (Å²) in [5, 5.41) is 0. The van der Waals surface area contributed by atoms with Gasteiger partial charge >= 0.3 is 0 Å². The lowest BCUT2D eigenvalue weighted by atomic mass is 10.0. The molecule has 0 N–H and O–H groups in total. The summed E-state index contributed by atoms with van der Waals surface area (Å²) in [5.74, 6) is 0.964. The van der Waals surface area contributed by atoms with Gasteiger partial charge in [0.2, 0.25) is 0 Å². The van der Waals surface area contributed by atoms with Crippen molar-refractivity contribution in [1.29, 1.82) is 0 Å². The monoisotopic (exact) mass is 400 g/mol. The van der Waals surface area contributed by atoms with E-state index in [2.05, 4.69) is 43.3 Å². The summed E-state index contributed by atoms with van der Waals surface area (Å²) in [4.78, 5) is 0. The molecule has 1 aromatic carbocycles. The third kappa shape index (κ3) is 13.5. The molecule has 1 fully saturated rings. The number of ether oxygens (including phenoxy) is 2. The van der Waals surface area contributed by atoms with E-state index < -0.39 is 0 Å². The molecule has 2 heteroatoms. The van der Waals surface area contributed by atoms with Crippen LogP contribution in [0.25, 0.3) is 0 Å². The summed E-state index contributed by atoms with van der Waals surface area (Å²) in [6.45, 7) is 3.83. The van der Waals surface area contributed by atoms with Gasteiger partial charge in [0.1, 0.15) is 18.5 Å². The van der Waals surface area contributed by atoms with E-state index in [-0.39, 0.29) is 0 Å². The van der Waals surface area contributed by atoms with Gasteiger partial charge in [0.25, 0.3) is 0 Å². The molecule has 29 heavy (non-hydrogen) atoms. The highest BCUT2D eigenvalue weighted by molar-refractivity contribution is 5.27. The Morgan fingerprint density at radius 2 is 1.34 bits per heavy atom. The van der Waals surface area contributed by atoms with Crippen molar-refractivity contribution in [3.05, 3.63) is 42.0 Å². The van der Waals surface area contributed by atoms with Crippen molar-refractivity contribution in [3.63, 3.8) is 0 Å². The summed E-state index contributed by atoms with van der Waals surface area (Å²) in [7, 11) is 0. The molecule has 2 rings (SSSR count). The van der Waals surface area contributed by atoms with Crippen molar-refractivity contribution >= 4 is 0 Å². The fraction of sp³-hybridized carbons (Fsp3) is 0.704. The van der Waals surface area contributed by atoms with Crippen LogP contribution in [-0.4, -0.2) is 19.3 Å². The van der Waals surface area contributed by atoms with Crippen molar-refractivity contribution in [2.24, 2.45) is 0 Å². The van der Waals surface area contributed by atoms with Crippen molar-refractivity contribution in [2.45, 2.75) is 109 Å². The zero-order chi connectivity index (χ0) is 20.4. The van der Waals surface area contributed by atoms with Gasteiger partial charge in [0.15, 0.2) is 0 Å². The second kappa shape index (κ2) is 16.5. The topological polar surface area (TPSA) is 21.8 Å². The van der Waals surface area contributed by atoms with Crippen LogP contribution in [0.2, 0.25) is 0 Å². The number of benzene rings is 1. The molecule has 1 heterocycles.